The van der Waals surface area contributed by atoms with E-state index in [1.165, 1.54) is 0 Å². The molecule has 0 saturated carbocycles. The molecule has 6 heteroatoms. The summed E-state index contributed by atoms with van der Waals surface area (Å²) in [5.74, 6) is 0.479. The summed E-state index contributed by atoms with van der Waals surface area (Å²) >= 11 is 6.06. The second kappa shape index (κ2) is 9.05. The highest BCUT2D eigenvalue weighted by Gasteiger charge is 2.38. The molecule has 0 fully saturated rings. The number of para-hydroxylation sites is 1. The molecule has 0 spiro atoms. The number of ether oxygens (including phenoxy) is 1. The van der Waals surface area contributed by atoms with Gasteiger partial charge < -0.3 is 14.5 Å². The molecule has 1 heterocycles. The maximum absolute atomic E-state index is 13.5. The molecule has 164 valence electrons. The second-order valence-corrected chi connectivity index (χ2v) is 8.37. The highest BCUT2D eigenvalue weighted by molar-refractivity contribution is 6.30. The van der Waals surface area contributed by atoms with E-state index in [2.05, 4.69) is 0 Å². The molecule has 0 aliphatic carbocycles. The fourth-order valence-corrected chi connectivity index (χ4v) is 4.54. The van der Waals surface area contributed by atoms with E-state index in [-0.39, 0.29) is 23.9 Å². The summed E-state index contributed by atoms with van der Waals surface area (Å²) in [6.07, 6.45) is 0.606. The molecular weight excluding hydrogens is 424 g/mol. The van der Waals surface area contributed by atoms with E-state index >= 15 is 0 Å². The van der Waals surface area contributed by atoms with Crippen molar-refractivity contribution in [3.63, 3.8) is 0 Å². The minimum absolute atomic E-state index is 0.0631. The normalized spacial score (nSPS) is 17.4. The SMILES string of the molecule is COc1cccc(C(=O)N2c3ccccc3C(N(C(C)=O)c3ccc(Cl)cc3)CC2C)c1. The monoisotopic (exact) mass is 448 g/mol. The number of halogens is 1. The molecule has 0 bridgehead atoms. The van der Waals surface area contributed by atoms with Crippen LogP contribution in [0.25, 0.3) is 0 Å². The van der Waals surface area contributed by atoms with E-state index in [9.17, 15) is 9.59 Å². The van der Waals surface area contributed by atoms with Gasteiger partial charge in [0.25, 0.3) is 5.91 Å². The Hall–Kier alpha value is -3.31. The number of anilines is 2. The third-order valence-electron chi connectivity index (χ3n) is 5.85. The van der Waals surface area contributed by atoms with Gasteiger partial charge in [-0.1, -0.05) is 35.9 Å². The number of hydrogen-bond acceptors (Lipinski definition) is 3. The van der Waals surface area contributed by atoms with Gasteiger partial charge in [-0.15, -0.1) is 0 Å². The van der Waals surface area contributed by atoms with Gasteiger partial charge >= 0.3 is 0 Å². The lowest BCUT2D eigenvalue weighted by molar-refractivity contribution is -0.117. The number of methoxy groups -OCH3 is 1. The Morgan fingerprint density at radius 2 is 1.75 bits per heavy atom. The molecule has 0 N–H and O–H groups in total. The first-order chi connectivity index (χ1) is 15.4. The van der Waals surface area contributed by atoms with E-state index in [1.54, 1.807) is 43.2 Å². The van der Waals surface area contributed by atoms with Crippen molar-refractivity contribution in [2.75, 3.05) is 16.9 Å². The largest absolute Gasteiger partial charge is 0.497 e. The van der Waals surface area contributed by atoms with Crippen molar-refractivity contribution in [3.8, 4) is 5.75 Å². The lowest BCUT2D eigenvalue weighted by Gasteiger charge is -2.43. The molecule has 1 aliphatic heterocycles. The third-order valence-corrected chi connectivity index (χ3v) is 6.10. The molecular formula is C26H25ClN2O3. The molecule has 32 heavy (non-hydrogen) atoms. The number of fused-ring (bicyclic) bond motifs is 1. The molecule has 0 radical (unpaired) electrons. The van der Waals surface area contributed by atoms with Crippen molar-refractivity contribution in [2.24, 2.45) is 0 Å². The van der Waals surface area contributed by atoms with Gasteiger partial charge in [0.15, 0.2) is 0 Å². The molecule has 0 saturated heterocycles. The van der Waals surface area contributed by atoms with Gasteiger partial charge in [-0.25, -0.2) is 0 Å². The second-order valence-electron chi connectivity index (χ2n) is 7.93. The molecule has 5 nitrogen and oxygen atoms in total. The van der Waals surface area contributed by atoms with Gasteiger partial charge in [0, 0.05) is 34.9 Å². The van der Waals surface area contributed by atoms with E-state index in [1.807, 2.05) is 60.4 Å². The minimum Gasteiger partial charge on any atom is -0.497 e. The quantitative estimate of drug-likeness (QED) is 0.500. The van der Waals surface area contributed by atoms with Gasteiger partial charge in [-0.05, 0) is 67.4 Å². The van der Waals surface area contributed by atoms with Crippen molar-refractivity contribution in [2.45, 2.75) is 32.4 Å². The standard InChI is InChI=1S/C26H25ClN2O3/c1-17-15-25(29(18(2)30)21-13-11-20(27)12-14-21)23-9-4-5-10-24(23)28(17)26(31)19-7-6-8-22(16-19)32-3/h4-14,16-17,25H,15H2,1-3H3. The summed E-state index contributed by atoms with van der Waals surface area (Å²) < 4.78 is 5.30. The fraction of sp³-hybridized carbons (Fsp3) is 0.231. The topological polar surface area (TPSA) is 49.9 Å². The van der Waals surface area contributed by atoms with Gasteiger partial charge in [-0.2, -0.15) is 0 Å². The number of amides is 2. The van der Waals surface area contributed by atoms with Crippen LogP contribution in [0, 0.1) is 0 Å². The van der Waals surface area contributed by atoms with E-state index in [4.69, 9.17) is 16.3 Å². The summed E-state index contributed by atoms with van der Waals surface area (Å²) in [4.78, 5) is 29.9. The van der Waals surface area contributed by atoms with Crippen LogP contribution in [0.2, 0.25) is 5.02 Å². The van der Waals surface area contributed by atoms with Gasteiger partial charge in [-0.3, -0.25) is 9.59 Å². The average Bonchev–Trinajstić information content (AvgIpc) is 2.80. The van der Waals surface area contributed by atoms with E-state index < -0.39 is 0 Å². The molecule has 2 atom stereocenters. The molecule has 1 aliphatic rings. The Bertz CT molecular complexity index is 1150. The van der Waals surface area contributed by atoms with E-state index in [0.29, 0.717) is 22.8 Å². The zero-order valence-corrected chi connectivity index (χ0v) is 19.0. The summed E-state index contributed by atoms with van der Waals surface area (Å²) in [7, 11) is 1.58. The van der Waals surface area contributed by atoms with Gasteiger partial charge in [0.05, 0.1) is 13.2 Å². The Kier molecular flexibility index (Phi) is 6.19. The van der Waals surface area contributed by atoms with Crippen LogP contribution in [0.5, 0.6) is 5.75 Å². The number of hydrogen-bond donors (Lipinski definition) is 0. The van der Waals surface area contributed by atoms with Crippen LogP contribution in [0.1, 0.15) is 42.2 Å². The fourth-order valence-electron chi connectivity index (χ4n) is 4.41. The number of carbonyl (C=O) groups excluding carboxylic acids is 2. The molecule has 2 unspecified atom stereocenters. The van der Waals surface area contributed by atoms with Crippen LogP contribution in [0.15, 0.2) is 72.8 Å². The lowest BCUT2D eigenvalue weighted by atomic mass is 9.89. The Balaban J connectivity index is 1.77. The number of nitrogens with zero attached hydrogens (tertiary/aromatic N) is 2. The Morgan fingerprint density at radius 3 is 2.44 bits per heavy atom. The first-order valence-electron chi connectivity index (χ1n) is 10.5. The van der Waals surface area contributed by atoms with Crippen molar-refractivity contribution in [1.29, 1.82) is 0 Å². The summed E-state index contributed by atoms with van der Waals surface area (Å²) in [6, 6.07) is 21.9. The van der Waals surface area contributed by atoms with Crippen molar-refractivity contribution in [1.82, 2.24) is 0 Å². The summed E-state index contributed by atoms with van der Waals surface area (Å²) in [6.45, 7) is 3.58. The molecule has 4 rings (SSSR count). The average molecular weight is 449 g/mol. The first-order valence-corrected chi connectivity index (χ1v) is 10.9. The first kappa shape index (κ1) is 21.9. The van der Waals surface area contributed by atoms with Crippen LogP contribution in [0.3, 0.4) is 0 Å². The maximum atomic E-state index is 13.5. The molecule has 2 amide bonds. The lowest BCUT2D eigenvalue weighted by Crippen LogP contribution is -2.47. The highest BCUT2D eigenvalue weighted by Crippen LogP contribution is 2.43. The van der Waals surface area contributed by atoms with Crippen LogP contribution in [-0.4, -0.2) is 25.0 Å². The van der Waals surface area contributed by atoms with Gasteiger partial charge in [0.2, 0.25) is 5.91 Å². The summed E-state index contributed by atoms with van der Waals surface area (Å²) in [5, 5.41) is 0.615. The Labute approximate surface area is 193 Å². The van der Waals surface area contributed by atoms with Crippen molar-refractivity contribution < 1.29 is 14.3 Å². The molecule has 3 aromatic rings. The summed E-state index contributed by atoms with van der Waals surface area (Å²) in [5.41, 5.74) is 3.09. The molecule has 3 aromatic carbocycles. The van der Waals surface area contributed by atoms with Crippen molar-refractivity contribution in [3.05, 3.63) is 88.9 Å². The minimum atomic E-state index is -0.200. The predicted octanol–water partition coefficient (Wildman–Crippen LogP) is 5.88. The molecule has 0 aromatic heterocycles. The zero-order chi connectivity index (χ0) is 22.8. The van der Waals surface area contributed by atoms with Crippen LogP contribution < -0.4 is 14.5 Å². The third kappa shape index (κ3) is 4.08. The number of carbonyl (C=O) groups is 2. The highest BCUT2D eigenvalue weighted by atomic mass is 35.5. The van der Waals surface area contributed by atoms with Crippen molar-refractivity contribution >= 4 is 34.8 Å². The predicted molar refractivity (Wildman–Crippen MR) is 128 cm³/mol. The van der Waals surface area contributed by atoms with E-state index in [0.717, 1.165) is 16.9 Å². The van der Waals surface area contributed by atoms with Gasteiger partial charge in [0.1, 0.15) is 5.75 Å². The maximum Gasteiger partial charge on any atom is 0.258 e. The van der Waals surface area contributed by atoms with Crippen LogP contribution >= 0.6 is 11.6 Å². The van der Waals surface area contributed by atoms with Crippen LogP contribution in [0.4, 0.5) is 11.4 Å². The number of benzene rings is 3. The smallest absolute Gasteiger partial charge is 0.258 e. The number of rotatable bonds is 4. The van der Waals surface area contributed by atoms with Crippen LogP contribution in [-0.2, 0) is 4.79 Å². The Morgan fingerprint density at radius 1 is 1.03 bits per heavy atom. The zero-order valence-electron chi connectivity index (χ0n) is 18.3.